The second kappa shape index (κ2) is 6.26. The van der Waals surface area contributed by atoms with E-state index in [2.05, 4.69) is 49.5 Å². The number of nitrogens with zero attached hydrogens (tertiary/aromatic N) is 5. The van der Waals surface area contributed by atoms with Crippen LogP contribution in [-0.4, -0.2) is 25.3 Å². The minimum atomic E-state index is -0.229. The van der Waals surface area contributed by atoms with Crippen LogP contribution in [0, 0.1) is 6.92 Å². The first-order valence-corrected chi connectivity index (χ1v) is 9.10. The van der Waals surface area contributed by atoms with E-state index in [0.717, 1.165) is 36.1 Å². The zero-order chi connectivity index (χ0) is 19.1. The first kappa shape index (κ1) is 16.6. The van der Waals surface area contributed by atoms with Gasteiger partial charge in [0.25, 0.3) is 5.89 Å². The van der Waals surface area contributed by atoms with E-state index in [-0.39, 0.29) is 11.4 Å². The molecule has 1 aromatic carbocycles. The average Bonchev–Trinajstić information content (AvgIpc) is 3.32. The van der Waals surface area contributed by atoms with Crippen molar-refractivity contribution in [2.24, 2.45) is 0 Å². The van der Waals surface area contributed by atoms with E-state index in [9.17, 15) is 0 Å². The lowest BCUT2D eigenvalue weighted by Gasteiger charge is -2.39. The summed E-state index contributed by atoms with van der Waals surface area (Å²) in [5.74, 6) is 1.80. The zero-order valence-corrected chi connectivity index (χ0v) is 15.3. The summed E-state index contributed by atoms with van der Waals surface area (Å²) in [7, 11) is 0. The third-order valence-corrected chi connectivity index (χ3v) is 5.34. The molecule has 8 nitrogen and oxygen atoms in total. The molecule has 28 heavy (non-hydrogen) atoms. The van der Waals surface area contributed by atoms with E-state index < -0.39 is 0 Å². The Bertz CT molecular complexity index is 1110. The second-order valence-corrected chi connectivity index (χ2v) is 7.10. The molecule has 8 heteroatoms. The largest absolute Gasteiger partial charge is 0.368 e. The number of hydrogen-bond acceptors (Lipinski definition) is 8. The Kier molecular flexibility index (Phi) is 3.71. The molecule has 0 unspecified atom stereocenters. The maximum atomic E-state index is 5.57. The van der Waals surface area contributed by atoms with Crippen molar-refractivity contribution in [1.82, 2.24) is 25.3 Å². The molecule has 1 aliphatic rings. The van der Waals surface area contributed by atoms with Crippen molar-refractivity contribution in [3.05, 3.63) is 59.8 Å². The van der Waals surface area contributed by atoms with Gasteiger partial charge in [-0.25, -0.2) is 9.97 Å². The summed E-state index contributed by atoms with van der Waals surface area (Å²) in [6.45, 7) is 1.85. The minimum Gasteiger partial charge on any atom is -0.368 e. The van der Waals surface area contributed by atoms with Gasteiger partial charge in [0.1, 0.15) is 0 Å². The van der Waals surface area contributed by atoms with Crippen LogP contribution in [0.4, 0.5) is 5.95 Å². The lowest BCUT2D eigenvalue weighted by atomic mass is 9.64. The van der Waals surface area contributed by atoms with Gasteiger partial charge in [0.05, 0.1) is 11.1 Å². The molecule has 0 spiro atoms. The number of benzene rings is 1. The Balaban J connectivity index is 1.47. The normalized spacial score (nSPS) is 15.3. The number of nitrogens with two attached hydrogens (primary N) is 1. The number of anilines is 1. The van der Waals surface area contributed by atoms with E-state index in [1.807, 2.05) is 6.92 Å². The molecule has 0 amide bonds. The van der Waals surface area contributed by atoms with Gasteiger partial charge in [-0.2, -0.15) is 4.98 Å². The maximum absolute atomic E-state index is 5.57. The van der Waals surface area contributed by atoms with E-state index in [0.29, 0.717) is 17.5 Å². The van der Waals surface area contributed by atoms with Gasteiger partial charge in [-0.05, 0) is 30.9 Å². The van der Waals surface area contributed by atoms with E-state index in [4.69, 9.17) is 14.8 Å². The summed E-state index contributed by atoms with van der Waals surface area (Å²) >= 11 is 0. The van der Waals surface area contributed by atoms with Crippen LogP contribution in [-0.2, 0) is 5.41 Å². The number of hydrogen-bond donors (Lipinski definition) is 1. The van der Waals surface area contributed by atoms with Gasteiger partial charge in [0.2, 0.25) is 11.7 Å². The number of aryl methyl sites for hydroxylation is 1. The predicted octanol–water partition coefficient (Wildman–Crippen LogP) is 3.54. The Morgan fingerprint density at radius 3 is 2.32 bits per heavy atom. The fourth-order valence-electron chi connectivity index (χ4n) is 3.62. The quantitative estimate of drug-likeness (QED) is 0.576. The van der Waals surface area contributed by atoms with E-state index in [1.165, 1.54) is 5.56 Å². The summed E-state index contributed by atoms with van der Waals surface area (Å²) in [6, 6.07) is 10.1. The van der Waals surface area contributed by atoms with Crippen molar-refractivity contribution in [2.45, 2.75) is 31.6 Å². The molecule has 5 rings (SSSR count). The average molecular weight is 374 g/mol. The summed E-state index contributed by atoms with van der Waals surface area (Å²) in [4.78, 5) is 12.7. The molecule has 3 aromatic heterocycles. The molecule has 4 aromatic rings. The van der Waals surface area contributed by atoms with Crippen LogP contribution >= 0.6 is 0 Å². The van der Waals surface area contributed by atoms with Gasteiger partial charge in [-0.1, -0.05) is 41.0 Å². The lowest BCUT2D eigenvalue weighted by molar-refractivity contribution is 0.272. The molecule has 1 saturated carbocycles. The topological polar surface area (TPSA) is 117 Å². The van der Waals surface area contributed by atoms with Gasteiger partial charge >= 0.3 is 0 Å². The number of rotatable bonds is 4. The Morgan fingerprint density at radius 2 is 1.71 bits per heavy atom. The molecule has 1 aliphatic carbocycles. The molecule has 0 bridgehead atoms. The zero-order valence-electron chi connectivity index (χ0n) is 15.3. The van der Waals surface area contributed by atoms with Crippen LogP contribution in [0.25, 0.3) is 22.8 Å². The number of nitrogen functional groups attached to an aromatic ring is 1. The van der Waals surface area contributed by atoms with Gasteiger partial charge in [0.15, 0.2) is 5.82 Å². The predicted molar refractivity (Wildman–Crippen MR) is 101 cm³/mol. The molecule has 2 N–H and O–H groups in total. The molecule has 0 atom stereocenters. The van der Waals surface area contributed by atoms with Gasteiger partial charge in [-0.3, -0.25) is 0 Å². The monoisotopic (exact) mass is 374 g/mol. The third kappa shape index (κ3) is 2.65. The van der Waals surface area contributed by atoms with Gasteiger partial charge < -0.3 is 14.8 Å². The van der Waals surface area contributed by atoms with Gasteiger partial charge in [0, 0.05) is 24.0 Å². The molecule has 3 heterocycles. The molecular weight excluding hydrogens is 356 g/mol. The Labute approximate surface area is 160 Å². The van der Waals surface area contributed by atoms with Crippen LogP contribution in [0.2, 0.25) is 0 Å². The summed E-state index contributed by atoms with van der Waals surface area (Å²) < 4.78 is 10.7. The highest BCUT2D eigenvalue weighted by Crippen LogP contribution is 2.48. The molecule has 0 saturated heterocycles. The highest BCUT2D eigenvalue weighted by Gasteiger charge is 2.44. The van der Waals surface area contributed by atoms with Crippen LogP contribution in [0.1, 0.15) is 36.3 Å². The lowest BCUT2D eigenvalue weighted by Crippen LogP contribution is -2.36. The fraction of sp³-hybridized carbons (Fsp3) is 0.250. The molecule has 0 radical (unpaired) electrons. The number of aromatic nitrogens is 5. The summed E-state index contributed by atoms with van der Waals surface area (Å²) in [5, 5.41) is 8.13. The fourth-order valence-corrected chi connectivity index (χ4v) is 3.62. The van der Waals surface area contributed by atoms with Crippen LogP contribution in [0.5, 0.6) is 0 Å². The summed E-state index contributed by atoms with van der Waals surface area (Å²) in [6.07, 6.45) is 6.53. The van der Waals surface area contributed by atoms with Crippen molar-refractivity contribution >= 4 is 5.95 Å². The smallest absolute Gasteiger partial charge is 0.296 e. The van der Waals surface area contributed by atoms with Crippen molar-refractivity contribution in [3.63, 3.8) is 0 Å². The first-order valence-electron chi connectivity index (χ1n) is 9.10. The van der Waals surface area contributed by atoms with Crippen molar-refractivity contribution in [2.75, 3.05) is 5.73 Å². The molecular formula is C20H18N6O2. The maximum Gasteiger partial charge on any atom is 0.296 e. The van der Waals surface area contributed by atoms with Crippen LogP contribution in [0.3, 0.4) is 0 Å². The standard InChI is InChI=1S/C20H18N6O2/c1-12-9-16(27-25-12)17-24-18(26-28-17)20(7-2-8-20)15-5-3-13(4-6-15)14-10-22-19(21)23-11-14/h3-6,9-11H,2,7-8H2,1H3,(H2,21,22,23). The highest BCUT2D eigenvalue weighted by atomic mass is 16.5. The van der Waals surface area contributed by atoms with E-state index >= 15 is 0 Å². The van der Waals surface area contributed by atoms with Gasteiger partial charge in [-0.15, -0.1) is 0 Å². The van der Waals surface area contributed by atoms with Crippen LogP contribution in [0.15, 0.2) is 51.8 Å². The molecule has 140 valence electrons. The van der Waals surface area contributed by atoms with Crippen molar-refractivity contribution in [1.29, 1.82) is 0 Å². The Hall–Kier alpha value is -3.55. The SMILES string of the molecule is Cc1cc(-c2nc(C3(c4ccc(-c5cnc(N)nc5)cc4)CCC3)no2)on1. The summed E-state index contributed by atoms with van der Waals surface area (Å²) in [5.41, 5.74) is 9.23. The molecule has 0 aliphatic heterocycles. The minimum absolute atomic E-state index is 0.229. The van der Waals surface area contributed by atoms with E-state index in [1.54, 1.807) is 18.5 Å². The highest BCUT2D eigenvalue weighted by molar-refractivity contribution is 5.63. The first-order chi connectivity index (χ1) is 13.6. The molecule has 1 fully saturated rings. The Morgan fingerprint density at radius 1 is 0.964 bits per heavy atom. The van der Waals surface area contributed by atoms with Crippen molar-refractivity contribution < 1.29 is 9.05 Å². The third-order valence-electron chi connectivity index (χ3n) is 5.34. The van der Waals surface area contributed by atoms with Crippen molar-refractivity contribution in [3.8, 4) is 22.8 Å². The van der Waals surface area contributed by atoms with Crippen LogP contribution < -0.4 is 5.73 Å². The second-order valence-electron chi connectivity index (χ2n) is 7.10.